The molecule has 6 heteroatoms. The van der Waals surface area contributed by atoms with Gasteiger partial charge in [-0.3, -0.25) is 9.78 Å². The minimum absolute atomic E-state index is 0.132. The minimum atomic E-state index is -0.132. The van der Waals surface area contributed by atoms with Gasteiger partial charge in [-0.15, -0.1) is 5.10 Å². The first-order valence-electron chi connectivity index (χ1n) is 8.20. The number of nitrogens with zero attached hydrogens (tertiary/aromatic N) is 4. The predicted molar refractivity (Wildman–Crippen MR) is 87.4 cm³/mol. The molecule has 6 nitrogen and oxygen atoms in total. The topological polar surface area (TPSA) is 75.9 Å². The van der Waals surface area contributed by atoms with Gasteiger partial charge < -0.3 is 4.98 Å². The van der Waals surface area contributed by atoms with Gasteiger partial charge in [0.2, 0.25) is 0 Å². The summed E-state index contributed by atoms with van der Waals surface area (Å²) in [6.07, 6.45) is 8.83. The Morgan fingerprint density at radius 3 is 2.87 bits per heavy atom. The van der Waals surface area contributed by atoms with Crippen LogP contribution in [0.25, 0.3) is 16.9 Å². The number of aromatic nitrogens is 5. The molecule has 1 fully saturated rings. The molecule has 1 saturated carbocycles. The van der Waals surface area contributed by atoms with Gasteiger partial charge in [0, 0.05) is 23.9 Å². The number of fused-ring (bicyclic) bond motifs is 1. The first-order valence-corrected chi connectivity index (χ1v) is 8.20. The molecule has 0 bridgehead atoms. The van der Waals surface area contributed by atoms with Crippen LogP contribution in [0.2, 0.25) is 0 Å². The van der Waals surface area contributed by atoms with E-state index >= 15 is 0 Å². The molecule has 0 saturated heterocycles. The summed E-state index contributed by atoms with van der Waals surface area (Å²) >= 11 is 0. The van der Waals surface area contributed by atoms with Crippen LogP contribution in [-0.2, 0) is 6.42 Å². The minimum Gasteiger partial charge on any atom is -0.303 e. The lowest BCUT2D eigenvalue weighted by Crippen LogP contribution is -2.16. The maximum absolute atomic E-state index is 12.6. The Balaban J connectivity index is 1.96. The van der Waals surface area contributed by atoms with E-state index in [1.807, 2.05) is 19.1 Å². The van der Waals surface area contributed by atoms with Gasteiger partial charge in [0.25, 0.3) is 5.56 Å². The molecule has 3 aromatic heterocycles. The number of aromatic amines is 1. The number of imidazole rings is 1. The molecule has 23 heavy (non-hydrogen) atoms. The van der Waals surface area contributed by atoms with Gasteiger partial charge in [-0.1, -0.05) is 19.8 Å². The zero-order valence-corrected chi connectivity index (χ0v) is 13.1. The summed E-state index contributed by atoms with van der Waals surface area (Å²) in [5.74, 6) is 1.87. The number of H-pyrrole nitrogens is 1. The third-order valence-corrected chi connectivity index (χ3v) is 4.59. The first-order chi connectivity index (χ1) is 11.3. The molecule has 0 atom stereocenters. The third-order valence-electron chi connectivity index (χ3n) is 4.59. The van der Waals surface area contributed by atoms with Gasteiger partial charge in [0.1, 0.15) is 5.82 Å². The van der Waals surface area contributed by atoms with Crippen molar-refractivity contribution in [2.75, 3.05) is 0 Å². The van der Waals surface area contributed by atoms with Crippen LogP contribution in [0.15, 0.2) is 29.3 Å². The second-order valence-electron chi connectivity index (χ2n) is 6.06. The summed E-state index contributed by atoms with van der Waals surface area (Å²) in [5.41, 5.74) is 2.09. The molecule has 0 aromatic carbocycles. The molecule has 0 radical (unpaired) electrons. The Bertz CT molecular complexity index is 890. The monoisotopic (exact) mass is 309 g/mol. The number of aryl methyl sites for hydroxylation is 1. The van der Waals surface area contributed by atoms with Crippen LogP contribution in [0.5, 0.6) is 0 Å². The molecule has 3 heterocycles. The second kappa shape index (κ2) is 5.61. The van der Waals surface area contributed by atoms with Crippen molar-refractivity contribution in [2.45, 2.75) is 44.9 Å². The third kappa shape index (κ3) is 2.34. The van der Waals surface area contributed by atoms with E-state index in [0.29, 0.717) is 17.3 Å². The van der Waals surface area contributed by atoms with Crippen molar-refractivity contribution in [3.8, 4) is 11.4 Å². The van der Waals surface area contributed by atoms with Crippen molar-refractivity contribution in [3.05, 3.63) is 46.4 Å². The zero-order valence-electron chi connectivity index (χ0n) is 13.1. The van der Waals surface area contributed by atoms with Crippen molar-refractivity contribution < 1.29 is 0 Å². The average molecular weight is 309 g/mol. The number of hydrogen-bond donors (Lipinski definition) is 1. The fourth-order valence-corrected chi connectivity index (χ4v) is 3.42. The summed E-state index contributed by atoms with van der Waals surface area (Å²) in [6, 6.07) is 3.73. The number of nitrogens with one attached hydrogen (secondary N) is 1. The smallest absolute Gasteiger partial charge is 0.277 e. The van der Waals surface area contributed by atoms with E-state index in [0.717, 1.165) is 36.3 Å². The van der Waals surface area contributed by atoms with Crippen molar-refractivity contribution in [2.24, 2.45) is 0 Å². The van der Waals surface area contributed by atoms with Crippen molar-refractivity contribution in [1.29, 1.82) is 0 Å². The van der Waals surface area contributed by atoms with E-state index in [2.05, 4.69) is 15.1 Å². The molecule has 1 aliphatic rings. The largest absolute Gasteiger partial charge is 0.303 e. The lowest BCUT2D eigenvalue weighted by molar-refractivity contribution is 0.639. The highest BCUT2D eigenvalue weighted by molar-refractivity contribution is 5.57. The van der Waals surface area contributed by atoms with Gasteiger partial charge in [-0.2, -0.15) is 0 Å². The summed E-state index contributed by atoms with van der Waals surface area (Å²) in [7, 11) is 0. The summed E-state index contributed by atoms with van der Waals surface area (Å²) < 4.78 is 1.77. The van der Waals surface area contributed by atoms with E-state index in [-0.39, 0.29) is 5.56 Å². The fourth-order valence-electron chi connectivity index (χ4n) is 3.42. The Hall–Kier alpha value is -2.50. The Kier molecular flexibility index (Phi) is 3.44. The lowest BCUT2D eigenvalue weighted by Gasteiger charge is -2.08. The van der Waals surface area contributed by atoms with Crippen LogP contribution in [0, 0.1) is 0 Å². The van der Waals surface area contributed by atoms with Crippen LogP contribution >= 0.6 is 0 Å². The quantitative estimate of drug-likeness (QED) is 0.807. The van der Waals surface area contributed by atoms with E-state index in [9.17, 15) is 4.79 Å². The summed E-state index contributed by atoms with van der Waals surface area (Å²) in [5, 5.41) is 4.68. The highest BCUT2D eigenvalue weighted by Gasteiger charge is 2.25. The second-order valence-corrected chi connectivity index (χ2v) is 6.06. The molecule has 1 aliphatic carbocycles. The Morgan fingerprint density at radius 2 is 2.17 bits per heavy atom. The van der Waals surface area contributed by atoms with Crippen molar-refractivity contribution in [1.82, 2.24) is 24.6 Å². The molecular formula is C17H19N5O. The molecule has 3 aromatic rings. The molecule has 0 amide bonds. The normalized spacial score (nSPS) is 15.5. The standard InChI is InChI=1S/C17H19N5O/c1-2-13-14-17(23)20-15(12-8-5-9-18-10-12)21-22(14)16(19-13)11-6-3-4-7-11/h5,8-11H,2-4,6-7H2,1H3,(H,20,21,23). The van der Waals surface area contributed by atoms with E-state index in [4.69, 9.17) is 4.98 Å². The van der Waals surface area contributed by atoms with E-state index < -0.39 is 0 Å². The highest BCUT2D eigenvalue weighted by atomic mass is 16.1. The van der Waals surface area contributed by atoms with Gasteiger partial charge in [-0.25, -0.2) is 9.50 Å². The number of pyridine rings is 1. The zero-order chi connectivity index (χ0) is 15.8. The van der Waals surface area contributed by atoms with Crippen LogP contribution in [0.4, 0.5) is 0 Å². The maximum atomic E-state index is 12.6. The fraction of sp³-hybridized carbons (Fsp3) is 0.412. The van der Waals surface area contributed by atoms with Gasteiger partial charge in [-0.05, 0) is 31.4 Å². The van der Waals surface area contributed by atoms with Gasteiger partial charge in [0.05, 0.1) is 5.69 Å². The molecule has 4 rings (SSSR count). The molecule has 0 unspecified atom stereocenters. The molecule has 0 spiro atoms. The Labute approximate surface area is 133 Å². The first kappa shape index (κ1) is 14.1. The Morgan fingerprint density at radius 1 is 1.35 bits per heavy atom. The maximum Gasteiger partial charge on any atom is 0.277 e. The van der Waals surface area contributed by atoms with Crippen molar-refractivity contribution >= 4 is 5.52 Å². The van der Waals surface area contributed by atoms with E-state index in [1.165, 1.54) is 12.8 Å². The van der Waals surface area contributed by atoms with Gasteiger partial charge >= 0.3 is 0 Å². The predicted octanol–water partition coefficient (Wildman–Crippen LogP) is 2.70. The van der Waals surface area contributed by atoms with Crippen LogP contribution in [-0.4, -0.2) is 24.6 Å². The number of rotatable bonds is 3. The van der Waals surface area contributed by atoms with Crippen LogP contribution in [0.3, 0.4) is 0 Å². The number of hydrogen-bond acceptors (Lipinski definition) is 4. The van der Waals surface area contributed by atoms with E-state index in [1.54, 1.807) is 16.9 Å². The van der Waals surface area contributed by atoms with Crippen LogP contribution < -0.4 is 5.56 Å². The molecular weight excluding hydrogens is 290 g/mol. The average Bonchev–Trinajstić information content (AvgIpc) is 3.22. The molecule has 1 N–H and O–H groups in total. The SMILES string of the molecule is CCc1nc(C2CCCC2)n2nc(-c3cccnc3)[nH]c(=O)c12. The lowest BCUT2D eigenvalue weighted by atomic mass is 10.1. The summed E-state index contributed by atoms with van der Waals surface area (Å²) in [4.78, 5) is 24.3. The molecule has 0 aliphatic heterocycles. The van der Waals surface area contributed by atoms with Crippen LogP contribution in [0.1, 0.15) is 50.0 Å². The van der Waals surface area contributed by atoms with Crippen molar-refractivity contribution in [3.63, 3.8) is 0 Å². The highest BCUT2D eigenvalue weighted by Crippen LogP contribution is 2.33. The molecule has 118 valence electrons. The summed E-state index contributed by atoms with van der Waals surface area (Å²) in [6.45, 7) is 2.02. The van der Waals surface area contributed by atoms with Gasteiger partial charge in [0.15, 0.2) is 11.3 Å².